The number of aromatic nitrogens is 2. The zero-order valence-corrected chi connectivity index (χ0v) is 24.6. The zero-order chi connectivity index (χ0) is 30.9. The molecule has 3 atom stereocenters. The largest absolute Gasteiger partial charge is 0.436 e. The van der Waals surface area contributed by atoms with Crippen LogP contribution in [-0.2, 0) is 9.53 Å². The number of alkyl halides is 1. The normalized spacial score (nSPS) is 20.8. The molecule has 2 aromatic heterocycles. The number of fused-ring (bicyclic) bond motifs is 1. The van der Waals surface area contributed by atoms with Gasteiger partial charge in [-0.05, 0) is 61.1 Å². The maximum Gasteiger partial charge on any atom is 0.272 e. The SMILES string of the molecule is COCC1=NNN(C(c2ccccc2)C2CCN(C(=O)c3cc(-c4nc5cc(NC(=O)[C@@H]6C[C@@H]6F)ccc5o4)ccn3)CC2)N1. The van der Waals surface area contributed by atoms with E-state index in [1.54, 1.807) is 43.6 Å². The maximum atomic E-state index is 13.6. The van der Waals surface area contributed by atoms with Gasteiger partial charge < -0.3 is 19.4 Å². The number of oxazole rings is 1. The molecular formula is C32H33FN8O4. The van der Waals surface area contributed by atoms with E-state index in [1.165, 1.54) is 0 Å². The van der Waals surface area contributed by atoms with Crippen molar-refractivity contribution < 1.29 is 23.1 Å². The summed E-state index contributed by atoms with van der Waals surface area (Å²) in [5.74, 6) is 0.221. The number of amides is 2. The number of hydrogen-bond acceptors (Lipinski definition) is 10. The van der Waals surface area contributed by atoms with Crippen LogP contribution in [0.25, 0.3) is 22.6 Å². The van der Waals surface area contributed by atoms with E-state index in [2.05, 4.69) is 43.5 Å². The van der Waals surface area contributed by atoms with E-state index in [0.29, 0.717) is 59.5 Å². The van der Waals surface area contributed by atoms with Crippen molar-refractivity contribution in [1.29, 1.82) is 0 Å². The Bertz CT molecular complexity index is 1740. The van der Waals surface area contributed by atoms with Gasteiger partial charge in [0.25, 0.3) is 5.91 Å². The molecule has 1 aliphatic carbocycles. The first-order chi connectivity index (χ1) is 22.0. The lowest BCUT2D eigenvalue weighted by atomic mass is 9.85. The lowest BCUT2D eigenvalue weighted by molar-refractivity contribution is -0.117. The molecular weight excluding hydrogens is 579 g/mol. The number of halogens is 1. The van der Waals surface area contributed by atoms with Crippen LogP contribution in [0.1, 0.15) is 41.4 Å². The smallest absolute Gasteiger partial charge is 0.272 e. The molecule has 1 unspecified atom stereocenters. The summed E-state index contributed by atoms with van der Waals surface area (Å²) in [6.45, 7) is 1.54. The van der Waals surface area contributed by atoms with Crippen LogP contribution in [0, 0.1) is 11.8 Å². The predicted octanol–water partition coefficient (Wildman–Crippen LogP) is 4.06. The molecule has 1 saturated carbocycles. The number of hydrazone groups is 1. The highest BCUT2D eigenvalue weighted by atomic mass is 19.1. The molecule has 2 amide bonds. The topological polar surface area (TPSA) is 137 Å². The first-order valence-electron chi connectivity index (χ1n) is 15.0. The van der Waals surface area contributed by atoms with E-state index in [1.807, 2.05) is 28.2 Å². The molecule has 7 rings (SSSR count). The number of hydrazine groups is 2. The van der Waals surface area contributed by atoms with E-state index in [9.17, 15) is 14.0 Å². The molecule has 2 aromatic carbocycles. The average Bonchev–Trinajstić information content (AvgIpc) is 3.41. The van der Waals surface area contributed by atoms with Gasteiger partial charge in [0, 0.05) is 37.6 Å². The molecule has 2 fully saturated rings. The highest BCUT2D eigenvalue weighted by Crippen LogP contribution is 2.36. The molecule has 4 aromatic rings. The number of carbonyl (C=O) groups excluding carboxylic acids is 2. The molecule has 13 heteroatoms. The maximum absolute atomic E-state index is 13.6. The Labute approximate surface area is 258 Å². The predicted molar refractivity (Wildman–Crippen MR) is 164 cm³/mol. The third-order valence-corrected chi connectivity index (χ3v) is 8.45. The second-order valence-electron chi connectivity index (χ2n) is 11.5. The summed E-state index contributed by atoms with van der Waals surface area (Å²) in [7, 11) is 1.63. The summed E-state index contributed by atoms with van der Waals surface area (Å²) >= 11 is 0. The number of nitrogens with one attached hydrogen (secondary N) is 3. The molecule has 12 nitrogen and oxygen atoms in total. The number of nitrogens with zero attached hydrogens (tertiary/aromatic N) is 5. The van der Waals surface area contributed by atoms with Gasteiger partial charge in [0.1, 0.15) is 24.0 Å². The van der Waals surface area contributed by atoms with Crippen LogP contribution in [0.5, 0.6) is 0 Å². The number of anilines is 1. The van der Waals surface area contributed by atoms with Gasteiger partial charge in [0.2, 0.25) is 11.8 Å². The number of hydrogen-bond donors (Lipinski definition) is 3. The monoisotopic (exact) mass is 612 g/mol. The number of rotatable bonds is 9. The van der Waals surface area contributed by atoms with Crippen LogP contribution in [0.4, 0.5) is 10.1 Å². The fraction of sp³-hybridized carbons (Fsp3) is 0.344. The molecule has 3 N–H and O–H groups in total. The summed E-state index contributed by atoms with van der Waals surface area (Å²) in [6, 6.07) is 18.8. The molecule has 0 bridgehead atoms. The Morgan fingerprint density at radius 1 is 1.13 bits per heavy atom. The van der Waals surface area contributed by atoms with E-state index in [4.69, 9.17) is 9.15 Å². The Balaban J connectivity index is 1.02. The minimum atomic E-state index is -1.07. The Kier molecular flexibility index (Phi) is 7.86. The van der Waals surface area contributed by atoms with Crippen LogP contribution in [0.15, 0.2) is 76.4 Å². The number of carbonyl (C=O) groups is 2. The molecule has 1 saturated heterocycles. The Morgan fingerprint density at radius 2 is 1.93 bits per heavy atom. The number of piperidine rings is 1. The van der Waals surface area contributed by atoms with Crippen molar-refractivity contribution in [3.05, 3.63) is 78.1 Å². The van der Waals surface area contributed by atoms with Gasteiger partial charge in [-0.15, -0.1) is 10.2 Å². The molecule has 0 spiro atoms. The third kappa shape index (κ3) is 6.08. The first kappa shape index (κ1) is 28.9. The minimum Gasteiger partial charge on any atom is -0.436 e. The van der Waals surface area contributed by atoms with Crippen molar-refractivity contribution in [2.75, 3.05) is 32.1 Å². The fourth-order valence-corrected chi connectivity index (χ4v) is 5.98. The summed E-state index contributed by atoms with van der Waals surface area (Å²) in [6.07, 6.45) is 2.36. The lowest BCUT2D eigenvalue weighted by Crippen LogP contribution is -2.49. The van der Waals surface area contributed by atoms with Crippen molar-refractivity contribution in [2.24, 2.45) is 16.9 Å². The van der Waals surface area contributed by atoms with Crippen molar-refractivity contribution in [3.63, 3.8) is 0 Å². The fourth-order valence-electron chi connectivity index (χ4n) is 5.98. The average molecular weight is 613 g/mol. The zero-order valence-electron chi connectivity index (χ0n) is 24.6. The highest BCUT2D eigenvalue weighted by Gasteiger charge is 2.43. The number of likely N-dealkylation sites (tertiary alicyclic amines) is 1. The second kappa shape index (κ2) is 12.3. The molecule has 232 valence electrons. The lowest BCUT2D eigenvalue weighted by Gasteiger charge is -2.39. The first-order valence-corrected chi connectivity index (χ1v) is 15.0. The van der Waals surface area contributed by atoms with Gasteiger partial charge in [-0.1, -0.05) is 30.3 Å². The number of ether oxygens (including phenoxy) is 1. The third-order valence-electron chi connectivity index (χ3n) is 8.45. The number of amidine groups is 1. The number of benzene rings is 2. The highest BCUT2D eigenvalue weighted by molar-refractivity contribution is 5.96. The van der Waals surface area contributed by atoms with Crippen LogP contribution < -0.4 is 16.3 Å². The second-order valence-corrected chi connectivity index (χ2v) is 11.5. The van der Waals surface area contributed by atoms with Crippen molar-refractivity contribution >= 4 is 34.4 Å². The minimum absolute atomic E-state index is 0.00896. The van der Waals surface area contributed by atoms with Crippen molar-refractivity contribution in [3.8, 4) is 11.5 Å². The van der Waals surface area contributed by atoms with Gasteiger partial charge in [0.05, 0.1) is 12.0 Å². The van der Waals surface area contributed by atoms with Gasteiger partial charge in [-0.3, -0.25) is 20.0 Å². The van der Waals surface area contributed by atoms with E-state index >= 15 is 0 Å². The van der Waals surface area contributed by atoms with Crippen molar-refractivity contribution in [1.82, 2.24) is 30.9 Å². The summed E-state index contributed by atoms with van der Waals surface area (Å²) in [4.78, 5) is 36.5. The Morgan fingerprint density at radius 3 is 2.69 bits per heavy atom. The van der Waals surface area contributed by atoms with Crippen LogP contribution in [-0.4, -0.2) is 70.6 Å². The van der Waals surface area contributed by atoms with Gasteiger partial charge >= 0.3 is 0 Å². The molecule has 2 aliphatic heterocycles. The van der Waals surface area contributed by atoms with Crippen LogP contribution in [0.3, 0.4) is 0 Å². The number of pyridine rings is 1. The Hall–Kier alpha value is -4.88. The van der Waals surface area contributed by atoms with Gasteiger partial charge in [-0.2, -0.15) is 0 Å². The van der Waals surface area contributed by atoms with Gasteiger partial charge in [0.15, 0.2) is 11.4 Å². The quantitative estimate of drug-likeness (QED) is 0.256. The van der Waals surface area contributed by atoms with Crippen molar-refractivity contribution in [2.45, 2.75) is 31.5 Å². The van der Waals surface area contributed by atoms with E-state index < -0.39 is 12.1 Å². The molecule has 0 radical (unpaired) electrons. The van der Waals surface area contributed by atoms with Crippen LogP contribution >= 0.6 is 0 Å². The number of methoxy groups -OCH3 is 1. The van der Waals surface area contributed by atoms with Crippen LogP contribution in [0.2, 0.25) is 0 Å². The molecule has 4 heterocycles. The summed E-state index contributed by atoms with van der Waals surface area (Å²) in [5.41, 5.74) is 10.1. The molecule has 3 aliphatic rings. The van der Waals surface area contributed by atoms with Gasteiger partial charge in [-0.25, -0.2) is 14.9 Å². The summed E-state index contributed by atoms with van der Waals surface area (Å²) in [5, 5.41) is 9.00. The molecule has 45 heavy (non-hydrogen) atoms. The standard InChI is InChI=1S/C32H33FN8O4/c1-44-18-28-37-39-41(38-28)29(19-5-3-2-4-6-19)20-10-13-40(14-11-20)32(43)26-15-21(9-12-34-26)31-36-25-16-22(7-8-27(25)45-31)35-30(42)23-17-24(23)33/h2-9,12,15-16,20,23-24,29,39H,10-11,13-14,17-18H2,1H3,(H,35,42)(H,37,38)/t23-,24+,29?/m1/s1. The van der Waals surface area contributed by atoms with E-state index in [-0.39, 0.29) is 30.2 Å². The van der Waals surface area contributed by atoms with E-state index in [0.717, 1.165) is 18.4 Å². The summed E-state index contributed by atoms with van der Waals surface area (Å²) < 4.78 is 24.4.